The summed E-state index contributed by atoms with van der Waals surface area (Å²) < 4.78 is 50.8. The van der Waals surface area contributed by atoms with Crippen LogP contribution in [0.5, 0.6) is 0 Å². The van der Waals surface area contributed by atoms with E-state index in [0.29, 0.717) is 12.5 Å². The van der Waals surface area contributed by atoms with Gasteiger partial charge in [0.05, 0.1) is 5.54 Å². The van der Waals surface area contributed by atoms with Crippen LogP contribution in [0.3, 0.4) is 0 Å². The second-order valence-corrected chi connectivity index (χ2v) is 13.6. The van der Waals surface area contributed by atoms with Gasteiger partial charge >= 0.3 is 18.2 Å². The van der Waals surface area contributed by atoms with Gasteiger partial charge in [-0.25, -0.2) is 14.0 Å². The Morgan fingerprint density at radius 2 is 1.59 bits per heavy atom. The zero-order valence-corrected chi connectivity index (χ0v) is 25.9. The third-order valence-electron chi connectivity index (χ3n) is 10.2. The number of hydrogen-bond acceptors (Lipinski definition) is 5. The molecule has 1 aromatic carbocycles. The van der Waals surface area contributed by atoms with Crippen molar-refractivity contribution in [1.29, 1.82) is 0 Å². The highest BCUT2D eigenvalue weighted by molar-refractivity contribution is 5.80. The van der Waals surface area contributed by atoms with E-state index >= 15 is 0 Å². The minimum absolute atomic E-state index is 0.0426. The predicted octanol–water partition coefficient (Wildman–Crippen LogP) is 5.91. The molecule has 44 heavy (non-hydrogen) atoms. The Kier molecular flexibility index (Phi) is 10.5. The van der Waals surface area contributed by atoms with Gasteiger partial charge in [-0.2, -0.15) is 13.2 Å². The van der Waals surface area contributed by atoms with Gasteiger partial charge in [0.2, 0.25) is 5.91 Å². The summed E-state index contributed by atoms with van der Waals surface area (Å²) >= 11 is 0. The first-order valence-electron chi connectivity index (χ1n) is 15.6. The van der Waals surface area contributed by atoms with Crippen LogP contribution < -0.4 is 0 Å². The normalized spacial score (nSPS) is 26.0. The number of hydrogen-bond donors (Lipinski definition) is 1. The Bertz CT molecular complexity index is 1160. The van der Waals surface area contributed by atoms with E-state index in [4.69, 9.17) is 14.6 Å². The van der Waals surface area contributed by atoms with Crippen LogP contribution in [0.15, 0.2) is 24.3 Å². The van der Waals surface area contributed by atoms with Gasteiger partial charge in [-0.15, -0.1) is 0 Å². The van der Waals surface area contributed by atoms with Crippen LogP contribution in [-0.2, 0) is 14.3 Å². The molecule has 3 saturated heterocycles. The number of carboxylic acid groups (broad SMARTS) is 1. The quantitative estimate of drug-likeness (QED) is 0.408. The third kappa shape index (κ3) is 7.84. The molecule has 4 aliphatic rings. The Morgan fingerprint density at radius 3 is 2.11 bits per heavy atom. The predicted molar refractivity (Wildman–Crippen MR) is 155 cm³/mol. The maximum Gasteiger partial charge on any atom is 0.490 e. The van der Waals surface area contributed by atoms with E-state index in [1.807, 2.05) is 17.0 Å². The zero-order chi connectivity index (χ0) is 32.3. The number of amides is 2. The molecule has 1 aromatic rings. The van der Waals surface area contributed by atoms with Crippen LogP contribution >= 0.6 is 0 Å². The van der Waals surface area contributed by atoms with Crippen molar-refractivity contribution < 1.29 is 41.8 Å². The van der Waals surface area contributed by atoms with Gasteiger partial charge in [-0.1, -0.05) is 31.4 Å². The molecule has 0 spiro atoms. The van der Waals surface area contributed by atoms with Gasteiger partial charge in [-0.05, 0) is 88.6 Å². The first-order valence-corrected chi connectivity index (χ1v) is 15.6. The fourth-order valence-corrected chi connectivity index (χ4v) is 7.51. The lowest BCUT2D eigenvalue weighted by Crippen LogP contribution is -2.56. The number of carbonyl (C=O) groups excluding carboxylic acids is 2. The molecule has 2 atom stereocenters. The van der Waals surface area contributed by atoms with Crippen molar-refractivity contribution in [1.82, 2.24) is 14.7 Å². The van der Waals surface area contributed by atoms with Crippen molar-refractivity contribution in [2.24, 2.45) is 17.3 Å². The van der Waals surface area contributed by atoms with E-state index in [1.165, 1.54) is 44.2 Å². The zero-order valence-electron chi connectivity index (χ0n) is 25.9. The average molecular weight is 628 g/mol. The minimum atomic E-state index is -5.08. The van der Waals surface area contributed by atoms with E-state index in [0.717, 1.165) is 57.5 Å². The molecule has 3 aliphatic heterocycles. The summed E-state index contributed by atoms with van der Waals surface area (Å²) in [6.45, 7) is 8.59. The summed E-state index contributed by atoms with van der Waals surface area (Å²) in [7, 11) is 2.10. The van der Waals surface area contributed by atoms with Gasteiger partial charge < -0.3 is 19.6 Å². The van der Waals surface area contributed by atoms with E-state index in [9.17, 15) is 27.2 Å². The number of carboxylic acids is 1. The Morgan fingerprint density at radius 1 is 1.00 bits per heavy atom. The number of benzene rings is 1. The molecule has 0 aromatic heterocycles. The summed E-state index contributed by atoms with van der Waals surface area (Å²) in [5.41, 5.74) is 0.804. The van der Waals surface area contributed by atoms with Crippen LogP contribution in [0.1, 0.15) is 76.7 Å². The lowest BCUT2D eigenvalue weighted by molar-refractivity contribution is -0.192. The van der Waals surface area contributed by atoms with E-state index in [1.54, 1.807) is 0 Å². The Hall–Kier alpha value is -2.89. The summed E-state index contributed by atoms with van der Waals surface area (Å²) in [6.07, 6.45) is 3.71. The summed E-state index contributed by atoms with van der Waals surface area (Å²) in [5, 5.41) is 7.12. The van der Waals surface area contributed by atoms with Crippen molar-refractivity contribution in [3.05, 3.63) is 35.6 Å². The van der Waals surface area contributed by atoms with Gasteiger partial charge in [-0.3, -0.25) is 9.69 Å². The Balaban J connectivity index is 0.000000566. The minimum Gasteiger partial charge on any atom is -0.475 e. The highest BCUT2D eigenvalue weighted by Gasteiger charge is 2.50. The number of halogens is 4. The van der Waals surface area contributed by atoms with Crippen LogP contribution in [0.2, 0.25) is 0 Å². The molecule has 12 heteroatoms. The number of aliphatic carboxylic acids is 1. The third-order valence-corrected chi connectivity index (χ3v) is 10.2. The molecular weight excluding hydrogens is 582 g/mol. The molecule has 0 radical (unpaired) electrons. The van der Waals surface area contributed by atoms with Crippen molar-refractivity contribution >= 4 is 18.0 Å². The molecule has 5 rings (SSSR count). The highest BCUT2D eigenvalue weighted by atomic mass is 19.4. The van der Waals surface area contributed by atoms with Crippen molar-refractivity contribution in [2.75, 3.05) is 46.4 Å². The molecule has 2 amide bonds. The number of likely N-dealkylation sites (N-methyl/N-ethyl adjacent to an activating group) is 1. The topological polar surface area (TPSA) is 90.4 Å². The van der Waals surface area contributed by atoms with Gasteiger partial charge in [0.25, 0.3) is 0 Å². The molecule has 3 heterocycles. The van der Waals surface area contributed by atoms with Crippen LogP contribution in [-0.4, -0.2) is 95.9 Å². The Labute approximate surface area is 256 Å². The lowest BCUT2D eigenvalue weighted by Gasteiger charge is -2.51. The molecule has 8 nitrogen and oxygen atoms in total. The van der Waals surface area contributed by atoms with Crippen LogP contribution in [0, 0.1) is 23.1 Å². The monoisotopic (exact) mass is 627 g/mol. The van der Waals surface area contributed by atoms with E-state index in [2.05, 4.69) is 30.7 Å². The number of alkyl halides is 3. The fourth-order valence-electron chi connectivity index (χ4n) is 7.51. The van der Waals surface area contributed by atoms with Gasteiger partial charge in [0, 0.05) is 38.0 Å². The maximum atomic E-state index is 13.9. The van der Waals surface area contributed by atoms with Crippen molar-refractivity contribution in [3.8, 4) is 0 Å². The first-order chi connectivity index (χ1) is 20.6. The van der Waals surface area contributed by atoms with E-state index < -0.39 is 12.1 Å². The molecule has 246 valence electrons. The molecular formula is C32H45F4N3O5. The number of piperidine rings is 2. The fraction of sp³-hybridized carbons (Fsp3) is 0.719. The first kappa shape index (κ1) is 34.0. The SMILES string of the molecule is CN1CCC(C(=O)N2CCC(CN3C(=O)OCC3(C)C)(C3CCCCC3)CC2)[C@@H](c2ccc(F)cc2)C1.O=C(O)C(F)(F)F. The molecule has 0 bridgehead atoms. The second kappa shape index (κ2) is 13.6. The molecule has 1 saturated carbocycles. The van der Waals surface area contributed by atoms with Crippen LogP contribution in [0.4, 0.5) is 22.4 Å². The molecule has 4 fully saturated rings. The number of likely N-dealkylation sites (tertiary alicyclic amines) is 2. The van der Waals surface area contributed by atoms with Gasteiger partial charge in [0.1, 0.15) is 12.4 Å². The molecule has 1 unspecified atom stereocenters. The largest absolute Gasteiger partial charge is 0.490 e. The standard InChI is InChI=1S/C30H44FN3O3.C2HF3O2/c1-29(2)21-37-28(36)34(29)20-30(23-7-5-4-6-8-23)14-17-33(18-15-30)27(35)25-13-16-32(3)19-26(25)22-9-11-24(31)12-10-22;3-2(4,5)1(6)7/h9-12,23,25-26H,4-8,13-21H2,1-3H3;(H,6,7)/t25?,26-;/m1./s1. The lowest BCUT2D eigenvalue weighted by atomic mass is 9.63. The van der Waals surface area contributed by atoms with E-state index in [-0.39, 0.29) is 40.6 Å². The summed E-state index contributed by atoms with van der Waals surface area (Å²) in [4.78, 5) is 41.9. The highest BCUT2D eigenvalue weighted by Crippen LogP contribution is 2.48. The smallest absolute Gasteiger partial charge is 0.475 e. The number of carbonyl (C=O) groups is 3. The van der Waals surface area contributed by atoms with Gasteiger partial charge in [0.15, 0.2) is 0 Å². The molecule has 1 aliphatic carbocycles. The summed E-state index contributed by atoms with van der Waals surface area (Å²) in [5.74, 6) is -2.14. The van der Waals surface area contributed by atoms with Crippen molar-refractivity contribution in [3.63, 3.8) is 0 Å². The maximum absolute atomic E-state index is 13.9. The number of cyclic esters (lactones) is 1. The average Bonchev–Trinajstić information content (AvgIpc) is 3.24. The van der Waals surface area contributed by atoms with Crippen molar-refractivity contribution in [2.45, 2.75) is 82.8 Å². The summed E-state index contributed by atoms with van der Waals surface area (Å²) in [6, 6.07) is 6.72. The number of ether oxygens (including phenoxy) is 1. The second-order valence-electron chi connectivity index (χ2n) is 13.6. The molecule has 1 N–H and O–H groups in total. The van der Waals surface area contributed by atoms with Crippen LogP contribution in [0.25, 0.3) is 0 Å². The number of rotatable bonds is 5. The number of nitrogens with zero attached hydrogens (tertiary/aromatic N) is 3.